The van der Waals surface area contributed by atoms with E-state index in [1.54, 1.807) is 37.3 Å². The van der Waals surface area contributed by atoms with E-state index in [4.69, 9.17) is 14.4 Å². The third-order valence-electron chi connectivity index (χ3n) is 2.42. The number of aliphatic hydroxyl groups is 1. The molecule has 0 aliphatic heterocycles. The molecule has 19 heavy (non-hydrogen) atoms. The Balaban J connectivity index is 1.90. The number of hydrogen-bond acceptors (Lipinski definition) is 5. The van der Waals surface area contributed by atoms with Crippen LogP contribution < -0.4 is 10.1 Å². The van der Waals surface area contributed by atoms with Gasteiger partial charge in [0.05, 0.1) is 6.61 Å². The summed E-state index contributed by atoms with van der Waals surface area (Å²) in [6.07, 6.45) is 0. The Labute approximate surface area is 110 Å². The van der Waals surface area contributed by atoms with Gasteiger partial charge in [-0.1, -0.05) is 18.2 Å². The molecule has 6 nitrogen and oxygen atoms in total. The maximum Gasteiger partial charge on any atom is 0.262 e. The summed E-state index contributed by atoms with van der Waals surface area (Å²) in [5, 5.41) is 15.4. The van der Waals surface area contributed by atoms with Crippen molar-refractivity contribution in [3.8, 4) is 5.88 Å². The molecule has 2 N–H and O–H groups in total. The van der Waals surface area contributed by atoms with Gasteiger partial charge in [-0.15, -0.1) is 0 Å². The van der Waals surface area contributed by atoms with Crippen LogP contribution in [0.2, 0.25) is 0 Å². The van der Waals surface area contributed by atoms with Crippen molar-refractivity contribution in [3.63, 3.8) is 0 Å². The van der Waals surface area contributed by atoms with Gasteiger partial charge >= 0.3 is 0 Å². The van der Waals surface area contributed by atoms with Gasteiger partial charge in [0.25, 0.3) is 11.8 Å². The minimum atomic E-state index is -0.332. The summed E-state index contributed by atoms with van der Waals surface area (Å²) in [5.74, 6) is 0.547. The van der Waals surface area contributed by atoms with Crippen molar-refractivity contribution in [1.29, 1.82) is 0 Å². The van der Waals surface area contributed by atoms with Crippen molar-refractivity contribution in [2.45, 2.75) is 13.5 Å². The Morgan fingerprint density at radius 3 is 2.95 bits per heavy atom. The Kier molecular flexibility index (Phi) is 4.15. The number of amides is 1. The monoisotopic (exact) mass is 262 g/mol. The second-order valence-corrected chi connectivity index (χ2v) is 3.93. The third-order valence-corrected chi connectivity index (χ3v) is 2.42. The fraction of sp³-hybridized carbons (Fsp3) is 0.231. The molecule has 1 heterocycles. The summed E-state index contributed by atoms with van der Waals surface area (Å²) >= 11 is 0. The van der Waals surface area contributed by atoms with Gasteiger partial charge in [-0.3, -0.25) is 4.79 Å². The number of hydrogen-bond donors (Lipinski definition) is 2. The van der Waals surface area contributed by atoms with Gasteiger partial charge in [-0.2, -0.15) is 0 Å². The molecular weight excluding hydrogens is 248 g/mol. The first-order valence-corrected chi connectivity index (χ1v) is 5.74. The molecule has 1 amide bonds. The predicted molar refractivity (Wildman–Crippen MR) is 67.7 cm³/mol. The van der Waals surface area contributed by atoms with Crippen LogP contribution in [0.3, 0.4) is 0 Å². The summed E-state index contributed by atoms with van der Waals surface area (Å²) in [6, 6.07) is 8.60. The van der Waals surface area contributed by atoms with Gasteiger partial charge in [0, 0.05) is 17.3 Å². The highest BCUT2D eigenvalue weighted by Gasteiger charge is 2.08. The van der Waals surface area contributed by atoms with E-state index in [1.165, 1.54) is 0 Å². The van der Waals surface area contributed by atoms with Crippen molar-refractivity contribution < 1.29 is 19.2 Å². The number of nitrogens with zero attached hydrogens (tertiary/aromatic N) is 1. The molecule has 0 saturated heterocycles. The number of carbonyl (C=O) groups excluding carboxylic acids is 1. The molecule has 1 aromatic heterocycles. The number of aryl methyl sites for hydroxylation is 1. The van der Waals surface area contributed by atoms with E-state index >= 15 is 0 Å². The standard InChI is InChI=1S/C13H14N2O4/c1-9-6-13(15-19-9)18-8-12(17)14-11-5-3-2-4-10(11)7-16/h2-6,16H,7-8H2,1H3,(H,14,17). The van der Waals surface area contributed by atoms with Crippen LogP contribution >= 0.6 is 0 Å². The zero-order valence-corrected chi connectivity index (χ0v) is 10.4. The summed E-state index contributed by atoms with van der Waals surface area (Å²) < 4.78 is 9.97. The molecular formula is C13H14N2O4. The van der Waals surface area contributed by atoms with Crippen molar-refractivity contribution in [2.24, 2.45) is 0 Å². The number of benzene rings is 1. The van der Waals surface area contributed by atoms with Crippen LogP contribution in [0, 0.1) is 6.92 Å². The lowest BCUT2D eigenvalue weighted by Gasteiger charge is -2.09. The molecule has 0 unspecified atom stereocenters. The molecule has 0 fully saturated rings. The Bertz CT molecular complexity index is 565. The average Bonchev–Trinajstić information content (AvgIpc) is 2.83. The topological polar surface area (TPSA) is 84.6 Å². The fourth-order valence-electron chi connectivity index (χ4n) is 1.52. The highest BCUT2D eigenvalue weighted by molar-refractivity contribution is 5.92. The summed E-state index contributed by atoms with van der Waals surface area (Å²) in [7, 11) is 0. The summed E-state index contributed by atoms with van der Waals surface area (Å²) in [4.78, 5) is 11.7. The van der Waals surface area contributed by atoms with Crippen molar-refractivity contribution in [3.05, 3.63) is 41.7 Å². The lowest BCUT2D eigenvalue weighted by molar-refractivity contribution is -0.118. The highest BCUT2D eigenvalue weighted by atomic mass is 16.5. The van der Waals surface area contributed by atoms with Gasteiger partial charge in [0.15, 0.2) is 6.61 Å². The quantitative estimate of drug-likeness (QED) is 0.852. The Morgan fingerprint density at radius 2 is 2.26 bits per heavy atom. The first-order valence-electron chi connectivity index (χ1n) is 5.74. The molecule has 0 spiro atoms. The smallest absolute Gasteiger partial charge is 0.262 e. The van der Waals surface area contributed by atoms with E-state index in [1.807, 2.05) is 0 Å². The van der Waals surface area contributed by atoms with Crippen LogP contribution in [0.1, 0.15) is 11.3 Å². The number of rotatable bonds is 5. The Morgan fingerprint density at radius 1 is 1.47 bits per heavy atom. The number of anilines is 1. The molecule has 6 heteroatoms. The Hall–Kier alpha value is -2.34. The van der Waals surface area contributed by atoms with Crippen LogP contribution in [-0.4, -0.2) is 22.8 Å². The summed E-state index contributed by atoms with van der Waals surface area (Å²) in [6.45, 7) is 1.42. The largest absolute Gasteiger partial charge is 0.465 e. The maximum atomic E-state index is 11.7. The average molecular weight is 262 g/mol. The van der Waals surface area contributed by atoms with E-state index in [0.29, 0.717) is 17.0 Å². The molecule has 0 atom stereocenters. The number of ether oxygens (including phenoxy) is 1. The minimum absolute atomic E-state index is 0.139. The molecule has 0 aliphatic rings. The van der Waals surface area contributed by atoms with Crippen molar-refractivity contribution in [1.82, 2.24) is 5.16 Å². The molecule has 2 rings (SSSR count). The second-order valence-electron chi connectivity index (χ2n) is 3.93. The minimum Gasteiger partial charge on any atom is -0.465 e. The molecule has 100 valence electrons. The third kappa shape index (κ3) is 3.56. The summed E-state index contributed by atoms with van der Waals surface area (Å²) in [5.41, 5.74) is 1.21. The highest BCUT2D eigenvalue weighted by Crippen LogP contribution is 2.15. The van der Waals surface area contributed by atoms with Crippen molar-refractivity contribution in [2.75, 3.05) is 11.9 Å². The number of carbonyl (C=O) groups is 1. The van der Waals surface area contributed by atoms with Crippen LogP contribution in [0.25, 0.3) is 0 Å². The lowest BCUT2D eigenvalue weighted by Crippen LogP contribution is -2.21. The van der Waals surface area contributed by atoms with Gasteiger partial charge in [0.2, 0.25) is 0 Å². The zero-order valence-electron chi connectivity index (χ0n) is 10.4. The van der Waals surface area contributed by atoms with Crippen LogP contribution in [0.4, 0.5) is 5.69 Å². The van der Waals surface area contributed by atoms with E-state index in [2.05, 4.69) is 10.5 Å². The van der Waals surface area contributed by atoms with Crippen molar-refractivity contribution >= 4 is 11.6 Å². The molecule has 1 aromatic carbocycles. The second kappa shape index (κ2) is 6.01. The maximum absolute atomic E-state index is 11.7. The van der Waals surface area contributed by atoms with Gasteiger partial charge in [0.1, 0.15) is 5.76 Å². The predicted octanol–water partition coefficient (Wildman–Crippen LogP) is 1.49. The normalized spacial score (nSPS) is 10.2. The fourth-order valence-corrected chi connectivity index (χ4v) is 1.52. The lowest BCUT2D eigenvalue weighted by atomic mass is 10.2. The van der Waals surface area contributed by atoms with E-state index in [0.717, 1.165) is 0 Å². The van der Waals surface area contributed by atoms with E-state index in [-0.39, 0.29) is 25.0 Å². The van der Waals surface area contributed by atoms with E-state index < -0.39 is 0 Å². The SMILES string of the molecule is Cc1cc(OCC(=O)Nc2ccccc2CO)no1. The molecule has 0 bridgehead atoms. The number of para-hydroxylation sites is 1. The van der Waals surface area contributed by atoms with Gasteiger partial charge in [-0.05, 0) is 18.1 Å². The molecule has 2 aromatic rings. The number of nitrogens with one attached hydrogen (secondary N) is 1. The first kappa shape index (κ1) is 13.1. The first-order chi connectivity index (χ1) is 9.19. The van der Waals surface area contributed by atoms with Crippen LogP contribution in [0.5, 0.6) is 5.88 Å². The zero-order chi connectivity index (χ0) is 13.7. The van der Waals surface area contributed by atoms with Crippen LogP contribution in [0.15, 0.2) is 34.9 Å². The number of aliphatic hydroxyl groups excluding tert-OH is 1. The van der Waals surface area contributed by atoms with Gasteiger partial charge in [-0.25, -0.2) is 0 Å². The molecule has 0 radical (unpaired) electrons. The van der Waals surface area contributed by atoms with E-state index in [9.17, 15) is 4.79 Å². The molecule has 0 aliphatic carbocycles. The molecule has 0 saturated carbocycles. The number of aromatic nitrogens is 1. The van der Waals surface area contributed by atoms with Gasteiger partial charge < -0.3 is 19.7 Å². The van der Waals surface area contributed by atoms with Crippen LogP contribution in [-0.2, 0) is 11.4 Å².